The minimum atomic E-state index is -0.146. The number of nitrogens with one attached hydrogen (secondary N) is 1. The maximum absolute atomic E-state index is 11.6. The highest BCUT2D eigenvalue weighted by Crippen LogP contribution is 2.16. The molecule has 1 aromatic heterocycles. The van der Waals surface area contributed by atoms with Crippen LogP contribution in [0.5, 0.6) is 0 Å². The van der Waals surface area contributed by atoms with E-state index in [2.05, 4.69) is 32.8 Å². The summed E-state index contributed by atoms with van der Waals surface area (Å²) >= 11 is 3.20. The van der Waals surface area contributed by atoms with Crippen molar-refractivity contribution in [2.75, 3.05) is 7.11 Å². The van der Waals surface area contributed by atoms with Gasteiger partial charge in [0.15, 0.2) is 0 Å². The second-order valence-corrected chi connectivity index (χ2v) is 4.25. The van der Waals surface area contributed by atoms with Crippen LogP contribution in [0.3, 0.4) is 0 Å². The molecule has 0 spiro atoms. The Labute approximate surface area is 97.2 Å². The molecule has 0 radical (unpaired) electrons. The zero-order valence-corrected chi connectivity index (χ0v) is 10.7. The summed E-state index contributed by atoms with van der Waals surface area (Å²) in [4.78, 5) is 18.7. The SMILES string of the molecule is CCC(C)c1nc(COC)c(Br)c(=O)[nH]1. The molecule has 1 atom stereocenters. The summed E-state index contributed by atoms with van der Waals surface area (Å²) in [7, 11) is 1.58. The zero-order chi connectivity index (χ0) is 11.4. The highest BCUT2D eigenvalue weighted by Gasteiger charge is 2.12. The third kappa shape index (κ3) is 2.89. The van der Waals surface area contributed by atoms with E-state index < -0.39 is 0 Å². The zero-order valence-electron chi connectivity index (χ0n) is 9.13. The largest absolute Gasteiger partial charge is 0.378 e. The molecule has 0 fully saturated rings. The van der Waals surface area contributed by atoms with Crippen LogP contribution in [0.4, 0.5) is 0 Å². The Hall–Kier alpha value is -0.680. The van der Waals surface area contributed by atoms with Gasteiger partial charge in [-0.2, -0.15) is 0 Å². The molecule has 0 aliphatic carbocycles. The van der Waals surface area contributed by atoms with Gasteiger partial charge in [0.2, 0.25) is 0 Å². The molecule has 4 nitrogen and oxygen atoms in total. The minimum Gasteiger partial charge on any atom is -0.378 e. The molecular formula is C10H15BrN2O2. The molecule has 5 heteroatoms. The van der Waals surface area contributed by atoms with Gasteiger partial charge in [-0.1, -0.05) is 13.8 Å². The van der Waals surface area contributed by atoms with Gasteiger partial charge in [0.1, 0.15) is 10.3 Å². The van der Waals surface area contributed by atoms with Gasteiger partial charge in [-0.15, -0.1) is 0 Å². The molecule has 0 aliphatic heterocycles. The molecule has 1 unspecified atom stereocenters. The first-order valence-corrected chi connectivity index (χ1v) is 5.67. The number of hydrogen-bond acceptors (Lipinski definition) is 3. The Morgan fingerprint density at radius 1 is 1.60 bits per heavy atom. The fourth-order valence-corrected chi connectivity index (χ4v) is 1.49. The van der Waals surface area contributed by atoms with Crippen molar-refractivity contribution in [3.63, 3.8) is 0 Å². The third-order valence-corrected chi connectivity index (χ3v) is 3.13. The summed E-state index contributed by atoms with van der Waals surface area (Å²) in [5, 5.41) is 0. The average molecular weight is 275 g/mol. The molecule has 1 N–H and O–H groups in total. The second kappa shape index (κ2) is 5.42. The van der Waals surface area contributed by atoms with Crippen molar-refractivity contribution in [3.8, 4) is 0 Å². The van der Waals surface area contributed by atoms with Gasteiger partial charge in [0.05, 0.1) is 12.3 Å². The van der Waals surface area contributed by atoms with E-state index >= 15 is 0 Å². The van der Waals surface area contributed by atoms with Crippen LogP contribution in [0, 0.1) is 0 Å². The Bertz CT molecular complexity index is 389. The predicted octanol–water partition coefficient (Wildman–Crippen LogP) is 2.19. The van der Waals surface area contributed by atoms with Crippen molar-refractivity contribution >= 4 is 15.9 Å². The fourth-order valence-electron chi connectivity index (χ4n) is 1.18. The molecule has 0 bridgehead atoms. The van der Waals surface area contributed by atoms with Crippen LogP contribution in [-0.4, -0.2) is 17.1 Å². The molecule has 1 aromatic rings. The standard InChI is InChI=1S/C10H15BrN2O2/c1-4-6(2)9-12-7(5-15-3)8(11)10(14)13-9/h6H,4-5H2,1-3H3,(H,12,13,14). The summed E-state index contributed by atoms with van der Waals surface area (Å²) in [6, 6.07) is 0. The van der Waals surface area contributed by atoms with Crippen LogP contribution < -0.4 is 5.56 Å². The summed E-state index contributed by atoms with van der Waals surface area (Å²) in [6.45, 7) is 4.43. The first-order chi connectivity index (χ1) is 7.10. The Morgan fingerprint density at radius 2 is 2.27 bits per heavy atom. The van der Waals surface area contributed by atoms with Crippen molar-refractivity contribution in [1.29, 1.82) is 0 Å². The van der Waals surface area contributed by atoms with Gasteiger partial charge < -0.3 is 9.72 Å². The van der Waals surface area contributed by atoms with Crippen LogP contribution in [0.2, 0.25) is 0 Å². The fraction of sp³-hybridized carbons (Fsp3) is 0.600. The number of aromatic nitrogens is 2. The first kappa shape index (κ1) is 12.4. The van der Waals surface area contributed by atoms with E-state index in [4.69, 9.17) is 4.74 Å². The van der Waals surface area contributed by atoms with Gasteiger partial charge >= 0.3 is 0 Å². The Morgan fingerprint density at radius 3 is 2.80 bits per heavy atom. The molecule has 0 aromatic carbocycles. The van der Waals surface area contributed by atoms with E-state index in [9.17, 15) is 4.79 Å². The topological polar surface area (TPSA) is 55.0 Å². The Balaban J connectivity index is 3.17. The van der Waals surface area contributed by atoms with E-state index in [1.807, 2.05) is 6.92 Å². The van der Waals surface area contributed by atoms with Gasteiger partial charge in [-0.25, -0.2) is 4.98 Å². The van der Waals surface area contributed by atoms with E-state index in [-0.39, 0.29) is 11.5 Å². The van der Waals surface area contributed by atoms with Crippen LogP contribution in [-0.2, 0) is 11.3 Å². The van der Waals surface area contributed by atoms with Crippen LogP contribution >= 0.6 is 15.9 Å². The maximum Gasteiger partial charge on any atom is 0.265 e. The van der Waals surface area contributed by atoms with Crippen LogP contribution in [0.25, 0.3) is 0 Å². The van der Waals surface area contributed by atoms with Crippen molar-refractivity contribution in [2.24, 2.45) is 0 Å². The maximum atomic E-state index is 11.6. The lowest BCUT2D eigenvalue weighted by molar-refractivity contribution is 0.180. The quantitative estimate of drug-likeness (QED) is 0.916. The molecule has 0 amide bonds. The lowest BCUT2D eigenvalue weighted by atomic mass is 10.1. The number of methoxy groups -OCH3 is 1. The molecule has 15 heavy (non-hydrogen) atoms. The summed E-state index contributed by atoms with van der Waals surface area (Å²) in [5.74, 6) is 0.971. The van der Waals surface area contributed by atoms with E-state index in [1.165, 1.54) is 0 Å². The van der Waals surface area contributed by atoms with Crippen molar-refractivity contribution in [1.82, 2.24) is 9.97 Å². The number of hydrogen-bond donors (Lipinski definition) is 1. The van der Waals surface area contributed by atoms with Crippen LogP contribution in [0.1, 0.15) is 37.7 Å². The van der Waals surface area contributed by atoms with Gasteiger partial charge in [-0.3, -0.25) is 4.79 Å². The van der Waals surface area contributed by atoms with Crippen molar-refractivity contribution in [2.45, 2.75) is 32.8 Å². The smallest absolute Gasteiger partial charge is 0.265 e. The van der Waals surface area contributed by atoms with E-state index in [0.29, 0.717) is 16.8 Å². The molecule has 0 aliphatic rings. The molecular weight excluding hydrogens is 260 g/mol. The lowest BCUT2D eigenvalue weighted by Crippen LogP contribution is -2.17. The molecule has 84 valence electrons. The number of ether oxygens (including phenoxy) is 1. The van der Waals surface area contributed by atoms with Crippen molar-refractivity contribution in [3.05, 3.63) is 26.3 Å². The van der Waals surface area contributed by atoms with Gasteiger partial charge in [0, 0.05) is 13.0 Å². The molecule has 1 heterocycles. The average Bonchev–Trinajstić information content (AvgIpc) is 2.23. The van der Waals surface area contributed by atoms with Crippen molar-refractivity contribution < 1.29 is 4.74 Å². The number of nitrogens with zero attached hydrogens (tertiary/aromatic N) is 1. The van der Waals surface area contributed by atoms with E-state index in [0.717, 1.165) is 12.2 Å². The number of H-pyrrole nitrogens is 1. The number of rotatable bonds is 4. The van der Waals surface area contributed by atoms with Gasteiger partial charge in [-0.05, 0) is 22.4 Å². The number of aromatic amines is 1. The first-order valence-electron chi connectivity index (χ1n) is 4.87. The lowest BCUT2D eigenvalue weighted by Gasteiger charge is -2.10. The second-order valence-electron chi connectivity index (χ2n) is 3.45. The summed E-state index contributed by atoms with van der Waals surface area (Å²) in [6.07, 6.45) is 0.941. The normalized spacial score (nSPS) is 12.8. The summed E-state index contributed by atoms with van der Waals surface area (Å²) < 4.78 is 5.44. The highest BCUT2D eigenvalue weighted by atomic mass is 79.9. The monoisotopic (exact) mass is 274 g/mol. The summed E-state index contributed by atoms with van der Waals surface area (Å²) in [5.41, 5.74) is 0.504. The van der Waals surface area contributed by atoms with E-state index in [1.54, 1.807) is 7.11 Å². The molecule has 0 saturated carbocycles. The molecule has 1 rings (SSSR count). The number of halogens is 1. The predicted molar refractivity (Wildman–Crippen MR) is 62.0 cm³/mol. The minimum absolute atomic E-state index is 0.146. The highest BCUT2D eigenvalue weighted by molar-refractivity contribution is 9.10. The van der Waals surface area contributed by atoms with Crippen LogP contribution in [0.15, 0.2) is 9.27 Å². The third-order valence-electron chi connectivity index (χ3n) is 2.31. The Kier molecular flexibility index (Phi) is 4.47. The van der Waals surface area contributed by atoms with Gasteiger partial charge in [0.25, 0.3) is 5.56 Å². The molecule has 0 saturated heterocycles.